The fraction of sp³-hybridized carbons (Fsp3) is 0.133. The maximum Gasteiger partial charge on any atom is 0.288 e. The molecule has 0 N–H and O–H groups in total. The molecule has 4 nitrogen and oxygen atoms in total. The van der Waals surface area contributed by atoms with E-state index < -0.39 is 10.8 Å². The lowest BCUT2D eigenvalue weighted by molar-refractivity contribution is 0.415. The molecule has 1 atom stereocenters. The number of hydrogen-bond donors (Lipinski definition) is 0. The molecule has 0 aliphatic rings. The van der Waals surface area contributed by atoms with E-state index in [9.17, 15) is 4.21 Å². The summed E-state index contributed by atoms with van der Waals surface area (Å²) < 4.78 is 23.0. The predicted octanol–water partition coefficient (Wildman–Crippen LogP) is 3.80. The number of rotatable bonds is 4. The van der Waals surface area contributed by atoms with E-state index in [0.29, 0.717) is 27.6 Å². The Morgan fingerprint density at radius 2 is 2.00 bits per heavy atom. The molecule has 0 spiro atoms. The molecule has 0 fully saturated rings. The van der Waals surface area contributed by atoms with E-state index in [0.717, 1.165) is 5.56 Å². The van der Waals surface area contributed by atoms with E-state index in [2.05, 4.69) is 4.98 Å². The van der Waals surface area contributed by atoms with Crippen LogP contribution in [0.5, 0.6) is 5.75 Å². The molecular formula is C15H12ClNO3S. The Labute approximate surface area is 129 Å². The van der Waals surface area contributed by atoms with Crippen LogP contribution >= 0.6 is 11.6 Å². The van der Waals surface area contributed by atoms with Crippen LogP contribution in [0.15, 0.2) is 52.1 Å². The monoisotopic (exact) mass is 321 g/mol. The van der Waals surface area contributed by atoms with Crippen molar-refractivity contribution in [1.82, 2.24) is 4.98 Å². The Kier molecular flexibility index (Phi) is 3.94. The zero-order valence-corrected chi connectivity index (χ0v) is 12.8. The van der Waals surface area contributed by atoms with Gasteiger partial charge in [-0.05, 0) is 29.8 Å². The van der Waals surface area contributed by atoms with Crippen molar-refractivity contribution >= 4 is 33.5 Å². The molecule has 108 valence electrons. The van der Waals surface area contributed by atoms with E-state index in [1.54, 1.807) is 37.4 Å². The first kappa shape index (κ1) is 14.1. The first-order valence-corrected chi connectivity index (χ1v) is 7.93. The summed E-state index contributed by atoms with van der Waals surface area (Å²) in [6.45, 7) is 0. The Morgan fingerprint density at radius 3 is 2.71 bits per heavy atom. The summed E-state index contributed by atoms with van der Waals surface area (Å²) in [7, 11) is 0.240. The lowest BCUT2D eigenvalue weighted by Crippen LogP contribution is -1.96. The second-order valence-electron chi connectivity index (χ2n) is 4.43. The van der Waals surface area contributed by atoms with Gasteiger partial charge in [0.05, 0.1) is 12.9 Å². The number of oxazole rings is 1. The van der Waals surface area contributed by atoms with Gasteiger partial charge in [-0.3, -0.25) is 0 Å². The van der Waals surface area contributed by atoms with Gasteiger partial charge in [-0.15, -0.1) is 0 Å². The SMILES string of the molecule is COc1ccc2oc(S(=O)Cc3ccc(Cl)cc3)nc2c1. The molecule has 0 saturated heterocycles. The van der Waals surface area contributed by atoms with Gasteiger partial charge in [0.2, 0.25) is 0 Å². The molecule has 0 radical (unpaired) electrons. The molecule has 1 unspecified atom stereocenters. The van der Waals surface area contributed by atoms with Crippen LogP contribution in [0.25, 0.3) is 11.1 Å². The second kappa shape index (κ2) is 5.87. The highest BCUT2D eigenvalue weighted by atomic mass is 35.5. The number of hydrogen-bond acceptors (Lipinski definition) is 4. The minimum absolute atomic E-state index is 0.216. The summed E-state index contributed by atoms with van der Waals surface area (Å²) >= 11 is 5.83. The van der Waals surface area contributed by atoms with E-state index >= 15 is 0 Å². The van der Waals surface area contributed by atoms with Crippen molar-refractivity contribution in [2.45, 2.75) is 11.0 Å². The zero-order valence-electron chi connectivity index (χ0n) is 11.2. The fourth-order valence-electron chi connectivity index (χ4n) is 1.90. The van der Waals surface area contributed by atoms with Crippen molar-refractivity contribution in [3.8, 4) is 5.75 Å². The molecule has 0 aliphatic carbocycles. The van der Waals surface area contributed by atoms with Gasteiger partial charge in [0.1, 0.15) is 22.1 Å². The van der Waals surface area contributed by atoms with Crippen LogP contribution in [0, 0.1) is 0 Å². The molecule has 6 heteroatoms. The van der Waals surface area contributed by atoms with E-state index in [4.69, 9.17) is 20.8 Å². The van der Waals surface area contributed by atoms with Crippen LogP contribution in [-0.2, 0) is 16.6 Å². The minimum atomic E-state index is -1.34. The van der Waals surface area contributed by atoms with Gasteiger partial charge in [0.15, 0.2) is 5.58 Å². The van der Waals surface area contributed by atoms with Crippen molar-refractivity contribution in [2.24, 2.45) is 0 Å². The molecule has 0 saturated carbocycles. The van der Waals surface area contributed by atoms with E-state index in [1.165, 1.54) is 0 Å². The van der Waals surface area contributed by atoms with Crippen molar-refractivity contribution < 1.29 is 13.4 Å². The first-order chi connectivity index (χ1) is 10.2. The Hall–Kier alpha value is -1.85. The number of aromatic nitrogens is 1. The summed E-state index contributed by atoms with van der Waals surface area (Å²) in [4.78, 5) is 4.26. The number of benzene rings is 2. The van der Waals surface area contributed by atoms with Crippen molar-refractivity contribution in [3.63, 3.8) is 0 Å². The molecular weight excluding hydrogens is 310 g/mol. The maximum absolute atomic E-state index is 12.3. The molecule has 21 heavy (non-hydrogen) atoms. The number of methoxy groups -OCH3 is 1. The van der Waals surface area contributed by atoms with Crippen LogP contribution in [0.2, 0.25) is 5.02 Å². The number of ether oxygens (including phenoxy) is 1. The Bertz CT molecular complexity index is 798. The van der Waals surface area contributed by atoms with Crippen molar-refractivity contribution in [1.29, 1.82) is 0 Å². The van der Waals surface area contributed by atoms with Crippen LogP contribution < -0.4 is 4.74 Å². The minimum Gasteiger partial charge on any atom is -0.497 e. The van der Waals surface area contributed by atoms with Crippen molar-refractivity contribution in [2.75, 3.05) is 7.11 Å². The summed E-state index contributed by atoms with van der Waals surface area (Å²) in [5, 5.41) is 0.867. The van der Waals surface area contributed by atoms with Crippen molar-refractivity contribution in [3.05, 3.63) is 53.1 Å². The normalized spacial score (nSPS) is 12.5. The van der Waals surface area contributed by atoms with Gasteiger partial charge >= 0.3 is 0 Å². The van der Waals surface area contributed by atoms with Gasteiger partial charge in [0, 0.05) is 11.1 Å². The zero-order chi connectivity index (χ0) is 14.8. The van der Waals surface area contributed by atoms with Gasteiger partial charge in [-0.1, -0.05) is 23.7 Å². The highest BCUT2D eigenvalue weighted by Crippen LogP contribution is 2.23. The quantitative estimate of drug-likeness (QED) is 0.733. The molecule has 3 aromatic rings. The van der Waals surface area contributed by atoms with E-state index in [-0.39, 0.29) is 5.22 Å². The van der Waals surface area contributed by atoms with E-state index in [1.807, 2.05) is 12.1 Å². The van der Waals surface area contributed by atoms with Crippen LogP contribution in [0.1, 0.15) is 5.56 Å². The molecule has 3 rings (SSSR count). The smallest absolute Gasteiger partial charge is 0.288 e. The highest BCUT2D eigenvalue weighted by Gasteiger charge is 2.14. The lowest BCUT2D eigenvalue weighted by atomic mass is 10.2. The van der Waals surface area contributed by atoms with Crippen LogP contribution in [0.4, 0.5) is 0 Å². The van der Waals surface area contributed by atoms with Gasteiger partial charge < -0.3 is 9.15 Å². The lowest BCUT2D eigenvalue weighted by Gasteiger charge is -1.98. The summed E-state index contributed by atoms with van der Waals surface area (Å²) in [5.74, 6) is 1.02. The van der Waals surface area contributed by atoms with Gasteiger partial charge in [0.25, 0.3) is 5.22 Å². The number of nitrogens with zero attached hydrogens (tertiary/aromatic N) is 1. The summed E-state index contributed by atoms with van der Waals surface area (Å²) in [6, 6.07) is 12.5. The Balaban J connectivity index is 1.85. The Morgan fingerprint density at radius 1 is 1.24 bits per heavy atom. The third-order valence-electron chi connectivity index (χ3n) is 2.98. The highest BCUT2D eigenvalue weighted by molar-refractivity contribution is 7.84. The van der Waals surface area contributed by atoms with Crippen LogP contribution in [-0.4, -0.2) is 16.3 Å². The average Bonchev–Trinajstić information content (AvgIpc) is 2.92. The largest absolute Gasteiger partial charge is 0.497 e. The topological polar surface area (TPSA) is 52.3 Å². The van der Waals surface area contributed by atoms with Gasteiger partial charge in [-0.2, -0.15) is 0 Å². The molecule has 0 amide bonds. The maximum atomic E-state index is 12.3. The third-order valence-corrected chi connectivity index (χ3v) is 4.39. The first-order valence-electron chi connectivity index (χ1n) is 6.23. The second-order valence-corrected chi connectivity index (χ2v) is 6.20. The molecule has 0 bridgehead atoms. The summed E-state index contributed by atoms with van der Waals surface area (Å²) in [6.07, 6.45) is 0. The summed E-state index contributed by atoms with van der Waals surface area (Å²) in [5.41, 5.74) is 2.14. The predicted molar refractivity (Wildman–Crippen MR) is 82.1 cm³/mol. The average molecular weight is 322 g/mol. The molecule has 1 aromatic heterocycles. The molecule has 2 aromatic carbocycles. The number of halogens is 1. The molecule has 1 heterocycles. The standard InChI is InChI=1S/C15H12ClNO3S/c1-19-12-6-7-14-13(8-12)17-15(20-14)21(18)9-10-2-4-11(16)5-3-10/h2-8H,9H2,1H3. The number of fused-ring (bicyclic) bond motifs is 1. The van der Waals surface area contributed by atoms with Crippen LogP contribution in [0.3, 0.4) is 0 Å². The molecule has 0 aliphatic heterocycles. The fourth-order valence-corrected chi connectivity index (χ4v) is 3.03. The van der Waals surface area contributed by atoms with Gasteiger partial charge in [-0.25, -0.2) is 9.19 Å². The third kappa shape index (κ3) is 3.09.